The summed E-state index contributed by atoms with van der Waals surface area (Å²) in [6.45, 7) is 3.06. The molecule has 0 aliphatic carbocycles. The van der Waals surface area contributed by atoms with Gasteiger partial charge in [0.15, 0.2) is 12.4 Å². The summed E-state index contributed by atoms with van der Waals surface area (Å²) in [6.07, 6.45) is -1.04. The van der Waals surface area contributed by atoms with Crippen LogP contribution in [0.5, 0.6) is 5.88 Å². The quantitative estimate of drug-likeness (QED) is 0.338. The number of hydrogen-bond acceptors (Lipinski definition) is 10. The van der Waals surface area contributed by atoms with Crippen LogP contribution in [-0.4, -0.2) is 40.4 Å². The molecule has 1 amide bonds. The molecular formula is C24H21N5O7. The van der Waals surface area contributed by atoms with Crippen LogP contribution in [0.3, 0.4) is 0 Å². The first kappa shape index (κ1) is 24.4. The molecule has 184 valence electrons. The van der Waals surface area contributed by atoms with Crippen LogP contribution in [0.2, 0.25) is 0 Å². The SMILES string of the molecule is COCc1cc(C)nc(OCC2=NN(C(C)=O)[C@@H](c3ccc(-c4ccccc4[N+](=O)[O-])o3)O2)c1C#N. The number of para-hydroxylation sites is 1. The van der Waals surface area contributed by atoms with Crippen molar-refractivity contribution in [1.29, 1.82) is 5.26 Å². The first-order valence-electron chi connectivity index (χ1n) is 10.7. The van der Waals surface area contributed by atoms with E-state index in [9.17, 15) is 20.2 Å². The molecule has 12 heteroatoms. The van der Waals surface area contributed by atoms with Gasteiger partial charge in [0.2, 0.25) is 17.7 Å². The summed E-state index contributed by atoms with van der Waals surface area (Å²) >= 11 is 0. The van der Waals surface area contributed by atoms with Crippen molar-refractivity contribution in [3.05, 3.63) is 75.2 Å². The summed E-state index contributed by atoms with van der Waals surface area (Å²) in [4.78, 5) is 27.4. The summed E-state index contributed by atoms with van der Waals surface area (Å²) in [5, 5.41) is 26.2. The average molecular weight is 491 g/mol. The van der Waals surface area contributed by atoms with Crippen molar-refractivity contribution in [2.45, 2.75) is 26.7 Å². The number of nitro benzene ring substituents is 1. The zero-order valence-electron chi connectivity index (χ0n) is 19.6. The Morgan fingerprint density at radius 1 is 1.28 bits per heavy atom. The molecule has 4 rings (SSSR count). The first-order chi connectivity index (χ1) is 17.3. The van der Waals surface area contributed by atoms with E-state index in [0.717, 1.165) is 5.01 Å². The number of methoxy groups -OCH3 is 1. The number of nitriles is 1. The van der Waals surface area contributed by atoms with E-state index in [2.05, 4.69) is 16.2 Å². The number of amides is 1. The maximum atomic E-state index is 12.2. The highest BCUT2D eigenvalue weighted by Gasteiger charge is 2.35. The van der Waals surface area contributed by atoms with Gasteiger partial charge in [-0.15, -0.1) is 5.10 Å². The summed E-state index contributed by atoms with van der Waals surface area (Å²) < 4.78 is 22.5. The lowest BCUT2D eigenvalue weighted by molar-refractivity contribution is -0.384. The highest BCUT2D eigenvalue weighted by Crippen LogP contribution is 2.36. The summed E-state index contributed by atoms with van der Waals surface area (Å²) in [5.74, 6) is 0.172. The molecule has 0 unspecified atom stereocenters. The number of hydrogen-bond donors (Lipinski definition) is 0. The third-order valence-electron chi connectivity index (χ3n) is 5.19. The Kier molecular flexibility index (Phi) is 6.93. The monoisotopic (exact) mass is 491 g/mol. The highest BCUT2D eigenvalue weighted by atomic mass is 16.6. The number of hydrazone groups is 1. The molecule has 1 aliphatic heterocycles. The van der Waals surface area contributed by atoms with Crippen molar-refractivity contribution >= 4 is 17.5 Å². The molecule has 2 aromatic heterocycles. The van der Waals surface area contributed by atoms with E-state index in [0.29, 0.717) is 11.3 Å². The number of aryl methyl sites for hydroxylation is 1. The summed E-state index contributed by atoms with van der Waals surface area (Å²) in [5.41, 5.74) is 1.64. The normalized spacial score (nSPS) is 14.7. The number of benzene rings is 1. The molecule has 0 N–H and O–H groups in total. The van der Waals surface area contributed by atoms with Crippen LogP contribution in [0.15, 0.2) is 52.0 Å². The summed E-state index contributed by atoms with van der Waals surface area (Å²) in [6, 6.07) is 13.1. The predicted octanol–water partition coefficient (Wildman–Crippen LogP) is 3.85. The van der Waals surface area contributed by atoms with Gasteiger partial charge in [-0.05, 0) is 31.2 Å². The zero-order valence-corrected chi connectivity index (χ0v) is 19.6. The molecule has 0 fully saturated rings. The minimum absolute atomic E-state index is 0.0549. The van der Waals surface area contributed by atoms with Crippen molar-refractivity contribution in [3.63, 3.8) is 0 Å². The number of aromatic nitrogens is 1. The smallest absolute Gasteiger partial charge is 0.280 e. The molecule has 1 aliphatic rings. The van der Waals surface area contributed by atoms with Crippen LogP contribution in [0.25, 0.3) is 11.3 Å². The Morgan fingerprint density at radius 3 is 2.75 bits per heavy atom. The number of carbonyl (C=O) groups is 1. The van der Waals surface area contributed by atoms with Gasteiger partial charge >= 0.3 is 0 Å². The Hall–Kier alpha value is -4.76. The molecule has 1 aromatic carbocycles. The minimum Gasteiger partial charge on any atom is -0.467 e. The number of nitro groups is 1. The fourth-order valence-electron chi connectivity index (χ4n) is 3.66. The number of rotatable bonds is 8. The van der Waals surface area contributed by atoms with Gasteiger partial charge in [0, 0.05) is 31.4 Å². The summed E-state index contributed by atoms with van der Waals surface area (Å²) in [7, 11) is 1.52. The second kappa shape index (κ2) is 10.2. The molecule has 0 radical (unpaired) electrons. The van der Waals surface area contributed by atoms with E-state index >= 15 is 0 Å². The number of furan rings is 1. The Labute approximate surface area is 205 Å². The van der Waals surface area contributed by atoms with Crippen LogP contribution >= 0.6 is 0 Å². The van der Waals surface area contributed by atoms with Gasteiger partial charge in [-0.3, -0.25) is 14.9 Å². The van der Waals surface area contributed by atoms with Crippen LogP contribution in [-0.2, 0) is 20.9 Å². The molecule has 3 aromatic rings. The second-order valence-corrected chi connectivity index (χ2v) is 7.74. The first-order valence-corrected chi connectivity index (χ1v) is 10.7. The maximum absolute atomic E-state index is 12.2. The van der Waals surface area contributed by atoms with E-state index in [-0.39, 0.29) is 53.3 Å². The average Bonchev–Trinajstić information content (AvgIpc) is 3.50. The molecule has 12 nitrogen and oxygen atoms in total. The lowest BCUT2D eigenvalue weighted by Gasteiger charge is -2.16. The van der Waals surface area contributed by atoms with Gasteiger partial charge in [-0.1, -0.05) is 12.1 Å². The van der Waals surface area contributed by atoms with E-state index in [1.807, 2.05) is 0 Å². The van der Waals surface area contributed by atoms with Crippen LogP contribution in [0, 0.1) is 28.4 Å². The molecule has 0 spiro atoms. The topological polar surface area (TPSA) is 153 Å². The van der Waals surface area contributed by atoms with Crippen molar-refractivity contribution in [1.82, 2.24) is 9.99 Å². The standard InChI is InChI=1S/C24H21N5O7/c1-14-10-16(12-33-3)18(11-25)23(26-14)34-13-22-27-28(15(2)30)24(36-22)21-9-8-20(35-21)17-6-4-5-7-19(17)29(31)32/h4-10,24H,12-13H2,1-3H3/t24-/m1/s1. The van der Waals surface area contributed by atoms with Crippen LogP contribution in [0.1, 0.15) is 35.7 Å². The number of carbonyl (C=O) groups excluding carboxylic acids is 1. The number of ether oxygens (including phenoxy) is 3. The minimum atomic E-state index is -1.04. The predicted molar refractivity (Wildman–Crippen MR) is 124 cm³/mol. The van der Waals surface area contributed by atoms with Crippen molar-refractivity contribution < 1.29 is 28.3 Å². The van der Waals surface area contributed by atoms with Gasteiger partial charge < -0.3 is 18.6 Å². The third-order valence-corrected chi connectivity index (χ3v) is 5.19. The fraction of sp³-hybridized carbons (Fsp3) is 0.250. The van der Waals surface area contributed by atoms with E-state index in [4.69, 9.17) is 18.6 Å². The Morgan fingerprint density at radius 2 is 2.06 bits per heavy atom. The second-order valence-electron chi connectivity index (χ2n) is 7.74. The third kappa shape index (κ3) is 4.86. The van der Waals surface area contributed by atoms with Crippen molar-refractivity contribution in [2.24, 2.45) is 5.10 Å². The highest BCUT2D eigenvalue weighted by molar-refractivity contribution is 5.83. The Balaban J connectivity index is 1.55. The van der Waals surface area contributed by atoms with Gasteiger partial charge in [-0.2, -0.15) is 10.3 Å². The van der Waals surface area contributed by atoms with Crippen LogP contribution in [0.4, 0.5) is 5.69 Å². The van der Waals surface area contributed by atoms with Crippen LogP contribution < -0.4 is 4.74 Å². The number of pyridine rings is 1. The molecule has 36 heavy (non-hydrogen) atoms. The molecule has 1 atom stereocenters. The van der Waals surface area contributed by atoms with E-state index < -0.39 is 17.1 Å². The van der Waals surface area contributed by atoms with Gasteiger partial charge in [-0.25, -0.2) is 4.98 Å². The molecule has 0 saturated carbocycles. The van der Waals surface area contributed by atoms with Gasteiger partial charge in [0.05, 0.1) is 17.1 Å². The lowest BCUT2D eigenvalue weighted by atomic mass is 10.1. The number of nitrogens with zero attached hydrogens (tertiary/aromatic N) is 5. The van der Waals surface area contributed by atoms with Gasteiger partial charge in [0.1, 0.15) is 17.4 Å². The van der Waals surface area contributed by atoms with E-state index in [1.54, 1.807) is 43.3 Å². The molecular weight excluding hydrogens is 470 g/mol. The zero-order chi connectivity index (χ0) is 25.8. The van der Waals surface area contributed by atoms with Gasteiger partial charge in [0.25, 0.3) is 11.9 Å². The largest absolute Gasteiger partial charge is 0.467 e. The molecule has 3 heterocycles. The van der Waals surface area contributed by atoms with Crippen molar-refractivity contribution in [2.75, 3.05) is 13.7 Å². The fourth-order valence-corrected chi connectivity index (χ4v) is 3.66. The Bertz CT molecular complexity index is 1390. The molecule has 0 bridgehead atoms. The van der Waals surface area contributed by atoms with E-state index in [1.165, 1.54) is 20.1 Å². The lowest BCUT2D eigenvalue weighted by Crippen LogP contribution is -2.25. The molecule has 0 saturated heterocycles. The van der Waals surface area contributed by atoms with Crippen molar-refractivity contribution in [3.8, 4) is 23.3 Å². The maximum Gasteiger partial charge on any atom is 0.280 e.